The van der Waals surface area contributed by atoms with Gasteiger partial charge in [0.15, 0.2) is 0 Å². The molecule has 0 bridgehead atoms. The molecule has 4 atom stereocenters. The summed E-state index contributed by atoms with van der Waals surface area (Å²) < 4.78 is 12.0. The first-order valence-electron chi connectivity index (χ1n) is 22.1. The summed E-state index contributed by atoms with van der Waals surface area (Å²) in [5, 5.41) is 40.4. The van der Waals surface area contributed by atoms with E-state index >= 15 is 0 Å². The van der Waals surface area contributed by atoms with Crippen molar-refractivity contribution in [3.05, 3.63) is 156 Å². The number of likely N-dealkylation sites (tertiary alicyclic amines) is 2. The molecule has 2 saturated heterocycles. The highest BCUT2D eigenvalue weighted by Gasteiger charge is 2.34. The summed E-state index contributed by atoms with van der Waals surface area (Å²) in [6.07, 6.45) is 5.21. The minimum Gasteiger partial charge on any atom is -0.508 e. The van der Waals surface area contributed by atoms with Crippen LogP contribution in [0, 0.1) is 0 Å². The number of rotatable bonds is 12. The number of phenols is 4. The van der Waals surface area contributed by atoms with E-state index in [1.54, 1.807) is 53.9 Å². The molecule has 0 saturated carbocycles. The second-order valence-corrected chi connectivity index (χ2v) is 21.3. The van der Waals surface area contributed by atoms with Crippen molar-refractivity contribution in [2.45, 2.75) is 66.3 Å². The van der Waals surface area contributed by atoms with Crippen molar-refractivity contribution >= 4 is 47.0 Å². The maximum Gasteiger partial charge on any atom is 0.119 e. The Hall–Kier alpha value is -4.56. The second kappa shape index (κ2) is 21.2. The van der Waals surface area contributed by atoms with Crippen molar-refractivity contribution < 1.29 is 29.9 Å². The normalized spacial score (nSPS) is 20.8. The Kier molecular flexibility index (Phi) is 14.8. The highest BCUT2D eigenvalue weighted by molar-refractivity contribution is 8.06. The van der Waals surface area contributed by atoms with Crippen LogP contribution in [0.5, 0.6) is 34.5 Å². The maximum absolute atomic E-state index is 10.1. The van der Waals surface area contributed by atoms with Crippen LogP contribution >= 0.6 is 47.0 Å². The molecule has 332 valence electrons. The fraction of sp³-hybridized carbons (Fsp3) is 0.308. The lowest BCUT2D eigenvalue weighted by Gasteiger charge is -2.33. The molecular weight excluding hydrogens is 877 g/mol. The Bertz CT molecular complexity index is 2460. The first kappa shape index (κ1) is 44.6. The summed E-state index contributed by atoms with van der Waals surface area (Å²) in [6, 6.07) is 43.1. The minimum absolute atomic E-state index is 0.114. The van der Waals surface area contributed by atoms with Gasteiger partial charge in [-0.05, 0) is 159 Å². The smallest absolute Gasteiger partial charge is 0.119 e. The van der Waals surface area contributed by atoms with Crippen LogP contribution in [0.2, 0.25) is 0 Å². The number of ether oxygens (including phenoxy) is 2. The van der Waals surface area contributed by atoms with E-state index in [0.29, 0.717) is 0 Å². The van der Waals surface area contributed by atoms with Crippen LogP contribution in [0.4, 0.5) is 0 Å². The van der Waals surface area contributed by atoms with E-state index in [4.69, 9.17) is 9.47 Å². The third kappa shape index (κ3) is 11.3. The summed E-state index contributed by atoms with van der Waals surface area (Å²) >= 11 is 7.14. The van der Waals surface area contributed by atoms with Gasteiger partial charge in [0.1, 0.15) is 47.7 Å². The highest BCUT2D eigenvalue weighted by atomic mass is 32.2. The van der Waals surface area contributed by atoms with Crippen molar-refractivity contribution in [2.24, 2.45) is 0 Å². The van der Waals surface area contributed by atoms with E-state index in [-0.39, 0.29) is 44.0 Å². The number of benzene rings is 6. The number of hydrogen-bond acceptors (Lipinski definition) is 12. The van der Waals surface area contributed by atoms with Gasteiger partial charge in [0, 0.05) is 32.7 Å². The van der Waals surface area contributed by atoms with Crippen LogP contribution in [0.3, 0.4) is 0 Å². The summed E-state index contributed by atoms with van der Waals surface area (Å²) in [7, 11) is 0. The van der Waals surface area contributed by atoms with Crippen molar-refractivity contribution in [3.8, 4) is 34.5 Å². The first-order chi connectivity index (χ1) is 31.3. The van der Waals surface area contributed by atoms with Gasteiger partial charge < -0.3 is 29.9 Å². The number of nitrogens with zero attached hydrogens (tertiary/aromatic N) is 2. The Labute approximate surface area is 393 Å². The third-order valence-electron chi connectivity index (χ3n) is 12.0. The molecule has 6 aromatic rings. The average Bonchev–Trinajstić information content (AvgIpc) is 4.05. The maximum atomic E-state index is 10.1. The van der Waals surface area contributed by atoms with E-state index in [1.807, 2.05) is 72.1 Å². The quantitative estimate of drug-likeness (QED) is 0.0939. The van der Waals surface area contributed by atoms with Crippen LogP contribution in [0.25, 0.3) is 0 Å². The molecule has 2 fully saturated rings. The predicted octanol–water partition coefficient (Wildman–Crippen LogP) is 12.5. The monoisotopic (exact) mass is 930 g/mol. The standard InChI is InChI=1S/2C26H27NO3S2/c28-20-7-3-18(4-8-20)26-25(31-23-12-9-21(29)17-24(23)32-26)19-5-10-22(11-6-19)30-16-15-27-13-1-2-14-27;28-20-5-3-4-19(16-20)26-25(31-23-11-8-21(29)17-24(23)32-26)18-6-9-22(10-7-18)30-15-14-27-12-1-2-13-27/h3-12,17,25-26,28-29H,1-2,13-16H2;3-11,16-17,25-26,28-29H,1-2,12-15H2/t2*25-,26+/m00/s1. The van der Waals surface area contributed by atoms with Gasteiger partial charge in [-0.25, -0.2) is 0 Å². The zero-order chi connectivity index (χ0) is 43.8. The van der Waals surface area contributed by atoms with Crippen LogP contribution < -0.4 is 9.47 Å². The minimum atomic E-state index is 0.114. The molecule has 64 heavy (non-hydrogen) atoms. The zero-order valence-corrected chi connectivity index (χ0v) is 38.9. The molecule has 0 unspecified atom stereocenters. The first-order valence-corrected chi connectivity index (χ1v) is 25.6. The Balaban J connectivity index is 0.000000162. The number of thioether (sulfide) groups is 4. The fourth-order valence-electron chi connectivity index (χ4n) is 8.61. The molecule has 0 radical (unpaired) electrons. The fourth-order valence-corrected chi connectivity index (χ4v) is 14.6. The molecule has 0 aliphatic carbocycles. The van der Waals surface area contributed by atoms with Gasteiger partial charge in [0.2, 0.25) is 0 Å². The topological polar surface area (TPSA) is 106 Å². The summed E-state index contributed by atoms with van der Waals surface area (Å²) in [4.78, 5) is 9.42. The lowest BCUT2D eigenvalue weighted by Crippen LogP contribution is -2.25. The molecular formula is C52H54N2O6S4. The van der Waals surface area contributed by atoms with Crippen LogP contribution in [0.1, 0.15) is 68.9 Å². The summed E-state index contributed by atoms with van der Waals surface area (Å²) in [6.45, 7) is 8.18. The molecule has 12 heteroatoms. The molecule has 4 aliphatic rings. The van der Waals surface area contributed by atoms with Gasteiger partial charge in [-0.1, -0.05) is 48.5 Å². The Morgan fingerprint density at radius 2 is 0.766 bits per heavy atom. The molecule has 0 spiro atoms. The van der Waals surface area contributed by atoms with Gasteiger partial charge in [0.25, 0.3) is 0 Å². The van der Waals surface area contributed by atoms with Crippen molar-refractivity contribution in [1.29, 1.82) is 0 Å². The van der Waals surface area contributed by atoms with Gasteiger partial charge in [-0.15, -0.1) is 47.0 Å². The Morgan fingerprint density at radius 3 is 1.20 bits per heavy atom. The summed E-state index contributed by atoms with van der Waals surface area (Å²) in [5.74, 6) is 2.92. The van der Waals surface area contributed by atoms with E-state index in [2.05, 4.69) is 64.4 Å². The van der Waals surface area contributed by atoms with E-state index in [1.165, 1.54) is 72.8 Å². The number of fused-ring (bicyclic) bond motifs is 2. The lowest BCUT2D eigenvalue weighted by molar-refractivity contribution is 0.237. The van der Waals surface area contributed by atoms with E-state index in [9.17, 15) is 20.4 Å². The molecule has 8 nitrogen and oxygen atoms in total. The second-order valence-electron chi connectivity index (χ2n) is 16.5. The van der Waals surface area contributed by atoms with E-state index < -0.39 is 0 Å². The van der Waals surface area contributed by atoms with Crippen LogP contribution in [-0.2, 0) is 0 Å². The van der Waals surface area contributed by atoms with Crippen LogP contribution in [-0.4, -0.2) is 82.7 Å². The van der Waals surface area contributed by atoms with Gasteiger partial charge in [-0.2, -0.15) is 0 Å². The molecule has 6 aromatic carbocycles. The molecule has 0 aromatic heterocycles. The SMILES string of the molecule is Oc1ccc([C@H]2Sc3cc(O)ccc3S[C@H]2c2ccc(OCCN3CCCC3)cc2)cc1.Oc1cccc([C@H]2Sc3cc(O)ccc3S[C@H]2c2ccc(OCCN3CCCC3)cc2)c1. The van der Waals surface area contributed by atoms with Gasteiger partial charge >= 0.3 is 0 Å². The lowest BCUT2D eigenvalue weighted by atomic mass is 10.0. The van der Waals surface area contributed by atoms with Crippen molar-refractivity contribution in [2.75, 3.05) is 52.5 Å². The van der Waals surface area contributed by atoms with Crippen molar-refractivity contribution in [3.63, 3.8) is 0 Å². The Morgan fingerprint density at radius 1 is 0.391 bits per heavy atom. The number of aromatic hydroxyl groups is 4. The largest absolute Gasteiger partial charge is 0.508 e. The van der Waals surface area contributed by atoms with Gasteiger partial charge in [-0.3, -0.25) is 9.80 Å². The third-order valence-corrected chi connectivity index (χ3v) is 18.2. The highest BCUT2D eigenvalue weighted by Crippen LogP contribution is 2.61. The molecule has 0 amide bonds. The number of phenolic OH excluding ortho intramolecular Hbond substituents is 4. The molecule has 10 rings (SSSR count). The van der Waals surface area contributed by atoms with Gasteiger partial charge in [0.05, 0.1) is 21.0 Å². The van der Waals surface area contributed by atoms with E-state index in [0.717, 1.165) is 58.7 Å². The predicted molar refractivity (Wildman–Crippen MR) is 262 cm³/mol. The molecule has 4 N–H and O–H groups in total. The zero-order valence-electron chi connectivity index (χ0n) is 35.6. The average molecular weight is 931 g/mol. The van der Waals surface area contributed by atoms with Crippen molar-refractivity contribution in [1.82, 2.24) is 9.80 Å². The summed E-state index contributed by atoms with van der Waals surface area (Å²) in [5.41, 5.74) is 4.70. The molecule has 4 aliphatic heterocycles. The molecule has 4 heterocycles. The number of hydrogen-bond donors (Lipinski definition) is 4. The van der Waals surface area contributed by atoms with Crippen LogP contribution in [0.15, 0.2) is 153 Å².